The lowest BCUT2D eigenvalue weighted by molar-refractivity contribution is -0.141. The minimum absolute atomic E-state index is 0.0944. The molecule has 0 heterocycles. The number of halogens is 2. The number of nitrogens with zero attached hydrogens (tertiary/aromatic N) is 1. The molecule has 7 heteroatoms. The van der Waals surface area contributed by atoms with Gasteiger partial charge in [-0.1, -0.05) is 66.2 Å². The number of nitrogens with one attached hydrogen (secondary N) is 1. The van der Waals surface area contributed by atoms with E-state index < -0.39 is 6.04 Å². The average Bonchev–Trinajstić information content (AvgIpc) is 2.86. The van der Waals surface area contributed by atoms with Gasteiger partial charge >= 0.3 is 0 Å². The molecule has 1 N–H and O–H groups in total. The van der Waals surface area contributed by atoms with E-state index in [4.69, 9.17) is 16.3 Å². The predicted octanol–water partition coefficient (Wildman–Crippen LogP) is 5.72. The van der Waals surface area contributed by atoms with Crippen LogP contribution in [0.3, 0.4) is 0 Å². The van der Waals surface area contributed by atoms with Crippen molar-refractivity contribution < 1.29 is 18.7 Å². The summed E-state index contributed by atoms with van der Waals surface area (Å²) in [5.74, 6) is -0.870. The Morgan fingerprint density at radius 3 is 2.22 bits per heavy atom. The van der Waals surface area contributed by atoms with E-state index in [-0.39, 0.29) is 36.7 Å². The van der Waals surface area contributed by atoms with Gasteiger partial charge in [-0.05, 0) is 61.2 Å². The highest BCUT2D eigenvalue weighted by molar-refractivity contribution is 6.30. The Morgan fingerprint density at radius 2 is 1.58 bits per heavy atom. The van der Waals surface area contributed by atoms with Crippen LogP contribution in [0.5, 0.6) is 0 Å². The molecule has 0 bridgehead atoms. The van der Waals surface area contributed by atoms with E-state index in [0.717, 1.165) is 11.1 Å². The van der Waals surface area contributed by atoms with Gasteiger partial charge in [0, 0.05) is 24.7 Å². The summed E-state index contributed by atoms with van der Waals surface area (Å²) in [5, 5.41) is 3.55. The van der Waals surface area contributed by atoms with Gasteiger partial charge in [-0.2, -0.15) is 0 Å². The van der Waals surface area contributed by atoms with E-state index >= 15 is 0 Å². The number of carbonyl (C=O) groups is 2. The molecule has 0 spiro atoms. The van der Waals surface area contributed by atoms with Crippen molar-refractivity contribution in [2.45, 2.75) is 45.4 Å². The standard InChI is InChI=1S/C29H32ClFN2O3/c1-21(2)36-18-6-17-32-29(35)28(24-7-4-3-5-8-24)33(20-23-11-15-26(31)16-12-23)27(34)19-22-9-13-25(30)14-10-22/h3-5,7-16,21,28H,6,17-20H2,1-2H3,(H,32,35)/t28-/m0/s1. The lowest BCUT2D eigenvalue weighted by Crippen LogP contribution is -2.44. The first-order chi connectivity index (χ1) is 17.3. The zero-order valence-electron chi connectivity index (χ0n) is 20.6. The molecule has 190 valence electrons. The van der Waals surface area contributed by atoms with Gasteiger partial charge in [0.1, 0.15) is 11.9 Å². The molecule has 2 amide bonds. The largest absolute Gasteiger partial charge is 0.379 e. The summed E-state index contributed by atoms with van der Waals surface area (Å²) in [6.45, 7) is 5.02. The molecule has 0 radical (unpaired) electrons. The molecule has 3 rings (SSSR count). The van der Waals surface area contributed by atoms with Crippen LogP contribution in [0.25, 0.3) is 0 Å². The molecule has 0 saturated heterocycles. The van der Waals surface area contributed by atoms with Crippen molar-refractivity contribution in [3.05, 3.63) is 106 Å². The Hall–Kier alpha value is -3.22. The SMILES string of the molecule is CC(C)OCCCNC(=O)[C@H](c1ccccc1)N(Cc1ccc(F)cc1)C(=O)Cc1ccc(Cl)cc1. The normalized spacial score (nSPS) is 11.8. The molecule has 36 heavy (non-hydrogen) atoms. The molecule has 0 saturated carbocycles. The summed E-state index contributed by atoms with van der Waals surface area (Å²) in [7, 11) is 0. The van der Waals surface area contributed by atoms with Crippen molar-refractivity contribution in [2.24, 2.45) is 0 Å². The number of ether oxygens (including phenoxy) is 1. The Balaban J connectivity index is 1.88. The highest BCUT2D eigenvalue weighted by Crippen LogP contribution is 2.25. The minimum atomic E-state index is -0.859. The van der Waals surface area contributed by atoms with E-state index in [1.165, 1.54) is 12.1 Å². The van der Waals surface area contributed by atoms with Gasteiger partial charge in [0.05, 0.1) is 12.5 Å². The Kier molecular flexibility index (Phi) is 10.5. The summed E-state index contributed by atoms with van der Waals surface area (Å²) in [6, 6.07) is 21.4. The fourth-order valence-electron chi connectivity index (χ4n) is 3.80. The van der Waals surface area contributed by atoms with Crippen LogP contribution in [-0.4, -0.2) is 36.0 Å². The van der Waals surface area contributed by atoms with Crippen LogP contribution in [0.1, 0.15) is 43.0 Å². The Morgan fingerprint density at radius 1 is 0.944 bits per heavy atom. The third-order valence-electron chi connectivity index (χ3n) is 5.60. The van der Waals surface area contributed by atoms with Gasteiger partial charge in [0.25, 0.3) is 0 Å². The quantitative estimate of drug-likeness (QED) is 0.317. The smallest absolute Gasteiger partial charge is 0.247 e. The molecule has 0 fully saturated rings. The van der Waals surface area contributed by atoms with Crippen molar-refractivity contribution >= 4 is 23.4 Å². The molecule has 0 aliphatic heterocycles. The molecule has 0 unspecified atom stereocenters. The average molecular weight is 511 g/mol. The minimum Gasteiger partial charge on any atom is -0.379 e. The van der Waals surface area contributed by atoms with E-state index in [1.54, 1.807) is 41.3 Å². The second-order valence-electron chi connectivity index (χ2n) is 8.83. The fraction of sp³-hybridized carbons (Fsp3) is 0.310. The molecule has 1 atom stereocenters. The van der Waals surface area contributed by atoms with Gasteiger partial charge in [-0.15, -0.1) is 0 Å². The molecule has 0 aliphatic rings. The van der Waals surface area contributed by atoms with E-state index in [0.29, 0.717) is 30.2 Å². The van der Waals surface area contributed by atoms with E-state index in [2.05, 4.69) is 5.32 Å². The molecule has 5 nitrogen and oxygen atoms in total. The molecule has 0 aliphatic carbocycles. The maximum atomic E-state index is 13.7. The van der Waals surface area contributed by atoms with Crippen molar-refractivity contribution in [3.63, 3.8) is 0 Å². The van der Waals surface area contributed by atoms with Crippen LogP contribution in [-0.2, 0) is 27.3 Å². The van der Waals surface area contributed by atoms with Crippen LogP contribution in [0.2, 0.25) is 5.02 Å². The zero-order valence-corrected chi connectivity index (χ0v) is 21.4. The first-order valence-corrected chi connectivity index (χ1v) is 12.4. The second-order valence-corrected chi connectivity index (χ2v) is 9.27. The third-order valence-corrected chi connectivity index (χ3v) is 5.85. The lowest BCUT2D eigenvalue weighted by atomic mass is 10.0. The summed E-state index contributed by atoms with van der Waals surface area (Å²) in [5.41, 5.74) is 2.20. The van der Waals surface area contributed by atoms with Crippen molar-refractivity contribution in [3.8, 4) is 0 Å². The zero-order chi connectivity index (χ0) is 25.9. The van der Waals surface area contributed by atoms with Crippen molar-refractivity contribution in [1.82, 2.24) is 10.2 Å². The fourth-order valence-corrected chi connectivity index (χ4v) is 3.92. The highest BCUT2D eigenvalue weighted by Gasteiger charge is 2.31. The maximum Gasteiger partial charge on any atom is 0.247 e. The highest BCUT2D eigenvalue weighted by atomic mass is 35.5. The monoisotopic (exact) mass is 510 g/mol. The predicted molar refractivity (Wildman–Crippen MR) is 140 cm³/mol. The number of rotatable bonds is 12. The molecule has 3 aromatic carbocycles. The van der Waals surface area contributed by atoms with Crippen LogP contribution in [0.4, 0.5) is 4.39 Å². The molecular weight excluding hydrogens is 479 g/mol. The van der Waals surface area contributed by atoms with Gasteiger partial charge in [0.15, 0.2) is 0 Å². The third kappa shape index (κ3) is 8.47. The van der Waals surface area contributed by atoms with Crippen LogP contribution in [0, 0.1) is 5.82 Å². The van der Waals surface area contributed by atoms with Gasteiger partial charge in [-0.25, -0.2) is 4.39 Å². The number of amides is 2. The first-order valence-electron chi connectivity index (χ1n) is 12.1. The number of carbonyl (C=O) groups excluding carboxylic acids is 2. The Labute approximate surface area is 217 Å². The van der Waals surface area contributed by atoms with E-state index in [1.807, 2.05) is 44.2 Å². The number of hydrogen-bond donors (Lipinski definition) is 1. The molecule has 3 aromatic rings. The molecular formula is C29H32ClFN2O3. The Bertz CT molecular complexity index is 1110. The van der Waals surface area contributed by atoms with E-state index in [9.17, 15) is 14.0 Å². The van der Waals surface area contributed by atoms with Crippen molar-refractivity contribution in [2.75, 3.05) is 13.2 Å². The summed E-state index contributed by atoms with van der Waals surface area (Å²) >= 11 is 6.00. The van der Waals surface area contributed by atoms with Crippen LogP contribution >= 0.6 is 11.6 Å². The first kappa shape index (κ1) is 27.4. The summed E-state index contributed by atoms with van der Waals surface area (Å²) in [6.07, 6.45) is 0.869. The van der Waals surface area contributed by atoms with Crippen molar-refractivity contribution in [1.29, 1.82) is 0 Å². The van der Waals surface area contributed by atoms with Crippen LogP contribution < -0.4 is 5.32 Å². The second kappa shape index (κ2) is 13.8. The van der Waals surface area contributed by atoms with Gasteiger partial charge in [0.2, 0.25) is 11.8 Å². The maximum absolute atomic E-state index is 13.7. The lowest BCUT2D eigenvalue weighted by Gasteiger charge is -2.32. The number of benzene rings is 3. The topological polar surface area (TPSA) is 58.6 Å². The summed E-state index contributed by atoms with van der Waals surface area (Å²) < 4.78 is 19.1. The van der Waals surface area contributed by atoms with Gasteiger partial charge in [-0.3, -0.25) is 9.59 Å². The van der Waals surface area contributed by atoms with Crippen LogP contribution in [0.15, 0.2) is 78.9 Å². The summed E-state index contributed by atoms with van der Waals surface area (Å²) in [4.78, 5) is 28.7. The van der Waals surface area contributed by atoms with Gasteiger partial charge < -0.3 is 15.0 Å². The number of hydrogen-bond acceptors (Lipinski definition) is 3. The molecule has 0 aromatic heterocycles.